The second-order valence-corrected chi connectivity index (χ2v) is 6.17. The molecule has 1 heterocycles. The molecule has 0 radical (unpaired) electrons. The number of hydrogen-bond acceptors (Lipinski definition) is 4. The van der Waals surface area contributed by atoms with Crippen molar-refractivity contribution >= 4 is 17.4 Å². The van der Waals surface area contributed by atoms with E-state index in [9.17, 15) is 4.79 Å². The van der Waals surface area contributed by atoms with E-state index >= 15 is 0 Å². The summed E-state index contributed by atoms with van der Waals surface area (Å²) in [6.45, 7) is 4.51. The quantitative estimate of drug-likeness (QED) is 0.759. The molecule has 0 aliphatic carbocycles. The van der Waals surface area contributed by atoms with Gasteiger partial charge < -0.3 is 10.2 Å². The van der Waals surface area contributed by atoms with E-state index in [1.54, 1.807) is 24.9 Å². The summed E-state index contributed by atoms with van der Waals surface area (Å²) in [5.74, 6) is 1.04. The fourth-order valence-corrected chi connectivity index (χ4v) is 2.70. The Labute approximate surface area is 153 Å². The van der Waals surface area contributed by atoms with E-state index in [-0.39, 0.29) is 5.91 Å². The van der Waals surface area contributed by atoms with Gasteiger partial charge in [0.1, 0.15) is 17.3 Å². The third kappa shape index (κ3) is 4.06. The highest BCUT2D eigenvalue weighted by atomic mass is 16.2. The number of aryl methyl sites for hydroxylation is 2. The van der Waals surface area contributed by atoms with Gasteiger partial charge in [0.2, 0.25) is 0 Å². The van der Waals surface area contributed by atoms with Crippen LogP contribution in [0.4, 0.5) is 11.5 Å². The van der Waals surface area contributed by atoms with Gasteiger partial charge in [0.05, 0.1) is 0 Å². The van der Waals surface area contributed by atoms with Gasteiger partial charge in [0.25, 0.3) is 5.91 Å². The van der Waals surface area contributed by atoms with Crippen LogP contribution in [0.1, 0.15) is 27.4 Å². The molecular formula is C21H22N4O. The lowest BCUT2D eigenvalue weighted by atomic mass is 10.1. The van der Waals surface area contributed by atoms with Crippen LogP contribution in [0.25, 0.3) is 0 Å². The number of nitrogens with zero attached hydrogens (tertiary/aromatic N) is 3. The Balaban J connectivity index is 1.79. The zero-order valence-corrected chi connectivity index (χ0v) is 15.2. The molecule has 2 aromatic carbocycles. The summed E-state index contributed by atoms with van der Waals surface area (Å²) in [6, 6.07) is 19.4. The maximum Gasteiger partial charge on any atom is 0.276 e. The number of hydrogen-bond donors (Lipinski definition) is 1. The standard InChI is InChI=1S/C21H22N4O/c1-15-9-7-8-10-17(15)14-22-20-13-19(23-16(2)24-20)21(26)25(3)18-11-5-4-6-12-18/h4-13H,14H2,1-3H3,(H,22,23,24). The molecule has 5 nitrogen and oxygen atoms in total. The van der Waals surface area contributed by atoms with E-state index in [2.05, 4.69) is 34.3 Å². The number of carbonyl (C=O) groups excluding carboxylic acids is 1. The van der Waals surface area contributed by atoms with Crippen molar-refractivity contribution in [3.63, 3.8) is 0 Å². The third-order valence-corrected chi connectivity index (χ3v) is 4.23. The summed E-state index contributed by atoms with van der Waals surface area (Å²) in [7, 11) is 1.75. The molecule has 0 aliphatic heterocycles. The Morgan fingerprint density at radius 1 is 1.00 bits per heavy atom. The second-order valence-electron chi connectivity index (χ2n) is 6.17. The maximum atomic E-state index is 12.8. The van der Waals surface area contributed by atoms with Gasteiger partial charge in [0, 0.05) is 25.3 Å². The van der Waals surface area contributed by atoms with E-state index in [0.717, 1.165) is 5.69 Å². The van der Waals surface area contributed by atoms with Crippen LogP contribution in [-0.4, -0.2) is 22.9 Å². The Morgan fingerprint density at radius 2 is 1.69 bits per heavy atom. The fourth-order valence-electron chi connectivity index (χ4n) is 2.70. The molecular weight excluding hydrogens is 324 g/mol. The summed E-state index contributed by atoms with van der Waals surface area (Å²) in [6.07, 6.45) is 0. The average Bonchev–Trinajstić information content (AvgIpc) is 2.66. The first kappa shape index (κ1) is 17.6. The van der Waals surface area contributed by atoms with Gasteiger partial charge in [-0.2, -0.15) is 0 Å². The van der Waals surface area contributed by atoms with Crippen LogP contribution < -0.4 is 10.2 Å². The normalized spacial score (nSPS) is 10.4. The van der Waals surface area contributed by atoms with Crippen molar-refractivity contribution in [1.82, 2.24) is 9.97 Å². The van der Waals surface area contributed by atoms with Crippen molar-refractivity contribution < 1.29 is 4.79 Å². The Morgan fingerprint density at radius 3 is 2.42 bits per heavy atom. The average molecular weight is 346 g/mol. The minimum Gasteiger partial charge on any atom is -0.366 e. The van der Waals surface area contributed by atoms with Gasteiger partial charge in [-0.3, -0.25) is 4.79 Å². The van der Waals surface area contributed by atoms with Gasteiger partial charge >= 0.3 is 0 Å². The minimum absolute atomic E-state index is 0.166. The van der Waals surface area contributed by atoms with Gasteiger partial charge in [0.15, 0.2) is 0 Å². The van der Waals surface area contributed by atoms with Crippen LogP contribution in [0.3, 0.4) is 0 Å². The van der Waals surface area contributed by atoms with Crippen molar-refractivity contribution in [2.75, 3.05) is 17.3 Å². The van der Waals surface area contributed by atoms with Crippen LogP contribution >= 0.6 is 0 Å². The number of para-hydroxylation sites is 1. The van der Waals surface area contributed by atoms with Crippen molar-refractivity contribution in [3.05, 3.63) is 83.3 Å². The molecule has 1 aromatic heterocycles. The minimum atomic E-state index is -0.166. The lowest BCUT2D eigenvalue weighted by Gasteiger charge is -2.17. The number of rotatable bonds is 5. The summed E-state index contributed by atoms with van der Waals surface area (Å²) in [4.78, 5) is 23.1. The first-order chi connectivity index (χ1) is 12.5. The molecule has 0 saturated heterocycles. The van der Waals surface area contributed by atoms with Crippen LogP contribution in [0, 0.1) is 13.8 Å². The molecule has 5 heteroatoms. The highest BCUT2D eigenvalue weighted by molar-refractivity contribution is 6.04. The van der Waals surface area contributed by atoms with Crippen LogP contribution in [0.15, 0.2) is 60.7 Å². The maximum absolute atomic E-state index is 12.8. The van der Waals surface area contributed by atoms with Gasteiger partial charge in [-0.15, -0.1) is 0 Å². The zero-order chi connectivity index (χ0) is 18.5. The number of aromatic nitrogens is 2. The number of benzene rings is 2. The number of anilines is 2. The molecule has 26 heavy (non-hydrogen) atoms. The largest absolute Gasteiger partial charge is 0.366 e. The molecule has 3 rings (SSSR count). The molecule has 0 unspecified atom stereocenters. The zero-order valence-electron chi connectivity index (χ0n) is 15.2. The molecule has 0 spiro atoms. The summed E-state index contributed by atoms with van der Waals surface area (Å²) in [5.41, 5.74) is 3.60. The molecule has 0 saturated carbocycles. The highest BCUT2D eigenvalue weighted by Gasteiger charge is 2.16. The molecule has 0 aliphatic rings. The Kier molecular flexibility index (Phi) is 5.27. The summed E-state index contributed by atoms with van der Waals surface area (Å²) < 4.78 is 0. The molecule has 1 amide bonds. The van der Waals surface area contributed by atoms with Crippen LogP contribution in [-0.2, 0) is 6.54 Å². The molecule has 3 aromatic rings. The molecule has 0 bridgehead atoms. The summed E-state index contributed by atoms with van der Waals surface area (Å²) in [5, 5.41) is 3.29. The monoisotopic (exact) mass is 346 g/mol. The molecule has 0 atom stereocenters. The third-order valence-electron chi connectivity index (χ3n) is 4.23. The predicted octanol–water partition coefficient (Wildman–Crippen LogP) is 3.98. The second kappa shape index (κ2) is 7.78. The van der Waals surface area contributed by atoms with Gasteiger partial charge in [-0.05, 0) is 37.1 Å². The Bertz CT molecular complexity index is 909. The van der Waals surface area contributed by atoms with E-state index in [1.165, 1.54) is 11.1 Å². The lowest BCUT2D eigenvalue weighted by Crippen LogP contribution is -2.27. The summed E-state index contributed by atoms with van der Waals surface area (Å²) >= 11 is 0. The molecule has 132 valence electrons. The topological polar surface area (TPSA) is 58.1 Å². The van der Waals surface area contributed by atoms with Crippen molar-refractivity contribution in [1.29, 1.82) is 0 Å². The van der Waals surface area contributed by atoms with Crippen molar-refractivity contribution in [2.45, 2.75) is 20.4 Å². The van der Waals surface area contributed by atoms with E-state index < -0.39 is 0 Å². The van der Waals surface area contributed by atoms with Crippen molar-refractivity contribution in [3.8, 4) is 0 Å². The first-order valence-corrected chi connectivity index (χ1v) is 8.52. The molecule has 0 fully saturated rings. The van der Waals surface area contributed by atoms with Crippen LogP contribution in [0.5, 0.6) is 0 Å². The Hall–Kier alpha value is -3.21. The van der Waals surface area contributed by atoms with E-state index in [0.29, 0.717) is 23.9 Å². The molecule has 1 N–H and O–H groups in total. The smallest absolute Gasteiger partial charge is 0.276 e. The van der Waals surface area contributed by atoms with Crippen LogP contribution in [0.2, 0.25) is 0 Å². The fraction of sp³-hybridized carbons (Fsp3) is 0.190. The lowest BCUT2D eigenvalue weighted by molar-refractivity contribution is 0.0988. The SMILES string of the molecule is Cc1nc(NCc2ccccc2C)cc(C(=O)N(C)c2ccccc2)n1. The van der Waals surface area contributed by atoms with E-state index in [1.807, 2.05) is 42.5 Å². The number of nitrogens with one attached hydrogen (secondary N) is 1. The van der Waals surface area contributed by atoms with Crippen molar-refractivity contribution in [2.24, 2.45) is 0 Å². The first-order valence-electron chi connectivity index (χ1n) is 8.52. The predicted molar refractivity (Wildman–Crippen MR) is 104 cm³/mol. The van der Waals surface area contributed by atoms with Gasteiger partial charge in [-0.1, -0.05) is 42.5 Å². The number of amides is 1. The van der Waals surface area contributed by atoms with E-state index in [4.69, 9.17) is 0 Å². The number of carbonyl (C=O) groups is 1. The highest BCUT2D eigenvalue weighted by Crippen LogP contribution is 2.16. The van der Waals surface area contributed by atoms with Gasteiger partial charge in [-0.25, -0.2) is 9.97 Å².